The molecular weight excluding hydrogens is 474 g/mol. The van der Waals surface area contributed by atoms with Gasteiger partial charge in [0.15, 0.2) is 0 Å². The predicted molar refractivity (Wildman–Crippen MR) is 125 cm³/mol. The van der Waals surface area contributed by atoms with E-state index in [0.29, 0.717) is 11.3 Å². The van der Waals surface area contributed by atoms with E-state index in [9.17, 15) is 34.2 Å². The van der Waals surface area contributed by atoms with Crippen molar-refractivity contribution in [3.05, 3.63) is 48.0 Å². The molecule has 14 nitrogen and oxygen atoms in total. The summed E-state index contributed by atoms with van der Waals surface area (Å²) in [6.07, 6.45) is 2.26. The van der Waals surface area contributed by atoms with Crippen molar-refractivity contribution in [1.29, 1.82) is 0 Å². The summed E-state index contributed by atoms with van der Waals surface area (Å²) >= 11 is 0. The predicted octanol–water partition coefficient (Wildman–Crippen LogP) is -2.34. The van der Waals surface area contributed by atoms with Crippen LogP contribution >= 0.6 is 0 Å². The second-order valence-corrected chi connectivity index (χ2v) is 7.94. The Labute approximate surface area is 205 Å². The number of amides is 4. The van der Waals surface area contributed by atoms with E-state index in [4.69, 9.17) is 11.5 Å². The molecule has 1 heterocycles. The molecule has 0 spiro atoms. The number of rotatable bonds is 14. The molecule has 3 unspecified atom stereocenters. The van der Waals surface area contributed by atoms with Crippen LogP contribution in [0.25, 0.3) is 0 Å². The molecule has 0 fully saturated rings. The number of aromatic amines is 1. The number of carboxylic acids is 1. The third kappa shape index (κ3) is 9.06. The van der Waals surface area contributed by atoms with Gasteiger partial charge in [-0.05, 0) is 24.1 Å². The topological polar surface area (TPSA) is 243 Å². The number of carbonyl (C=O) groups excluding carboxylic acids is 4. The Morgan fingerprint density at radius 1 is 0.944 bits per heavy atom. The van der Waals surface area contributed by atoms with Crippen molar-refractivity contribution in [3.63, 3.8) is 0 Å². The van der Waals surface area contributed by atoms with E-state index in [0.717, 1.165) is 0 Å². The first-order valence-corrected chi connectivity index (χ1v) is 11.0. The lowest BCUT2D eigenvalue weighted by molar-refractivity contribution is -0.142. The standard InChI is InChI=1S/C22H29N7O7/c23-9-19(32)27-16(8-13-10-25-11-26-13)21(34)28-15(5-6-18(24)31)20(33)29-17(22(35)36)7-12-1-3-14(30)4-2-12/h1-4,10-11,15-17,30H,5-9,23H2,(H2,24,31)(H,25,26)(H,27,32)(H,28,34)(H,29,33)(H,35,36). The molecule has 0 aliphatic heterocycles. The van der Waals surface area contributed by atoms with Gasteiger partial charge >= 0.3 is 5.97 Å². The first-order chi connectivity index (χ1) is 17.1. The zero-order valence-electron chi connectivity index (χ0n) is 19.3. The summed E-state index contributed by atoms with van der Waals surface area (Å²) in [6, 6.07) is 1.92. The molecule has 0 aliphatic carbocycles. The number of benzene rings is 1. The molecule has 10 N–H and O–H groups in total. The molecule has 0 saturated heterocycles. The monoisotopic (exact) mass is 503 g/mol. The Hall–Kier alpha value is -4.46. The van der Waals surface area contributed by atoms with Crippen LogP contribution in [0, 0.1) is 0 Å². The molecule has 0 saturated carbocycles. The van der Waals surface area contributed by atoms with Crippen molar-refractivity contribution < 1.29 is 34.2 Å². The number of carboxylic acid groups (broad SMARTS) is 1. The molecule has 194 valence electrons. The van der Waals surface area contributed by atoms with Gasteiger partial charge in [-0.1, -0.05) is 12.1 Å². The van der Waals surface area contributed by atoms with Gasteiger partial charge in [0.25, 0.3) is 0 Å². The molecule has 0 radical (unpaired) electrons. The minimum absolute atomic E-state index is 0.000333. The van der Waals surface area contributed by atoms with Gasteiger partial charge in [0.2, 0.25) is 23.6 Å². The first kappa shape index (κ1) is 27.8. The van der Waals surface area contributed by atoms with Gasteiger partial charge in [-0.3, -0.25) is 19.2 Å². The summed E-state index contributed by atoms with van der Waals surface area (Å²) < 4.78 is 0. The number of aromatic nitrogens is 2. The number of phenolic OH excluding ortho intramolecular Hbond substituents is 1. The molecule has 0 aliphatic rings. The highest BCUT2D eigenvalue weighted by molar-refractivity contribution is 5.94. The lowest BCUT2D eigenvalue weighted by Gasteiger charge is -2.24. The lowest BCUT2D eigenvalue weighted by Crippen LogP contribution is -2.57. The molecule has 2 rings (SSSR count). The van der Waals surface area contributed by atoms with E-state index >= 15 is 0 Å². The number of nitrogens with one attached hydrogen (secondary N) is 4. The second kappa shape index (κ2) is 13.4. The van der Waals surface area contributed by atoms with Crippen LogP contribution in [0.2, 0.25) is 0 Å². The fourth-order valence-electron chi connectivity index (χ4n) is 3.25. The van der Waals surface area contributed by atoms with Crippen molar-refractivity contribution in [2.24, 2.45) is 11.5 Å². The molecule has 14 heteroatoms. The molecule has 4 amide bonds. The third-order valence-corrected chi connectivity index (χ3v) is 5.12. The van der Waals surface area contributed by atoms with E-state index < -0.39 is 47.7 Å². The van der Waals surface area contributed by atoms with Crippen molar-refractivity contribution in [1.82, 2.24) is 25.9 Å². The third-order valence-electron chi connectivity index (χ3n) is 5.12. The Morgan fingerprint density at radius 3 is 2.14 bits per heavy atom. The number of aliphatic carboxylic acids is 1. The van der Waals surface area contributed by atoms with Gasteiger partial charge in [0.1, 0.15) is 23.9 Å². The van der Waals surface area contributed by atoms with Crippen LogP contribution in [-0.4, -0.2) is 74.4 Å². The number of H-pyrrole nitrogens is 1. The van der Waals surface area contributed by atoms with E-state index in [1.54, 1.807) is 0 Å². The largest absolute Gasteiger partial charge is 0.508 e. The highest BCUT2D eigenvalue weighted by Gasteiger charge is 2.30. The Morgan fingerprint density at radius 2 is 1.58 bits per heavy atom. The van der Waals surface area contributed by atoms with E-state index in [1.165, 1.54) is 36.8 Å². The maximum absolute atomic E-state index is 13.0. The number of imidazole rings is 1. The Bertz CT molecular complexity index is 1060. The summed E-state index contributed by atoms with van der Waals surface area (Å²) in [7, 11) is 0. The maximum atomic E-state index is 13.0. The summed E-state index contributed by atoms with van der Waals surface area (Å²) in [4.78, 5) is 67.5. The lowest BCUT2D eigenvalue weighted by atomic mass is 10.0. The van der Waals surface area contributed by atoms with E-state index in [2.05, 4.69) is 25.9 Å². The molecule has 1 aromatic heterocycles. The number of hydrogen-bond acceptors (Lipinski definition) is 8. The first-order valence-electron chi connectivity index (χ1n) is 11.0. The van der Waals surface area contributed by atoms with E-state index in [-0.39, 0.29) is 38.0 Å². The van der Waals surface area contributed by atoms with Crippen LogP contribution in [-0.2, 0) is 36.8 Å². The highest BCUT2D eigenvalue weighted by atomic mass is 16.4. The van der Waals surface area contributed by atoms with Gasteiger partial charge in [-0.25, -0.2) is 9.78 Å². The number of nitrogens with two attached hydrogens (primary N) is 2. The summed E-state index contributed by atoms with van der Waals surface area (Å²) in [5.41, 5.74) is 11.6. The Balaban J connectivity index is 2.17. The SMILES string of the molecule is NCC(=O)NC(Cc1cnc[nH]1)C(=O)NC(CCC(N)=O)C(=O)NC(Cc1ccc(O)cc1)C(=O)O. The zero-order valence-corrected chi connectivity index (χ0v) is 19.3. The molecule has 0 bridgehead atoms. The van der Waals surface area contributed by atoms with Gasteiger partial charge in [0.05, 0.1) is 12.9 Å². The summed E-state index contributed by atoms with van der Waals surface area (Å²) in [6.45, 7) is -0.379. The minimum Gasteiger partial charge on any atom is -0.508 e. The van der Waals surface area contributed by atoms with Crippen LogP contribution in [0.5, 0.6) is 5.75 Å². The number of primary amides is 1. The van der Waals surface area contributed by atoms with Crippen molar-refractivity contribution in [3.8, 4) is 5.75 Å². The molecule has 36 heavy (non-hydrogen) atoms. The normalized spacial score (nSPS) is 13.1. The average Bonchev–Trinajstić information content (AvgIpc) is 3.34. The van der Waals surface area contributed by atoms with Gasteiger partial charge in [-0.15, -0.1) is 0 Å². The van der Waals surface area contributed by atoms with Gasteiger partial charge < -0.3 is 42.6 Å². The van der Waals surface area contributed by atoms with Crippen LogP contribution in [0.1, 0.15) is 24.1 Å². The fraction of sp³-hybridized carbons (Fsp3) is 0.364. The summed E-state index contributed by atoms with van der Waals surface area (Å²) in [5, 5.41) is 26.2. The molecule has 1 aromatic carbocycles. The van der Waals surface area contributed by atoms with Crippen LogP contribution in [0.15, 0.2) is 36.8 Å². The van der Waals surface area contributed by atoms with Crippen molar-refractivity contribution in [2.45, 2.75) is 43.8 Å². The fourth-order valence-corrected chi connectivity index (χ4v) is 3.25. The number of hydrogen-bond donors (Lipinski definition) is 8. The smallest absolute Gasteiger partial charge is 0.326 e. The molecular formula is C22H29N7O7. The molecule has 2 aromatic rings. The quantitative estimate of drug-likeness (QED) is 0.137. The van der Waals surface area contributed by atoms with Gasteiger partial charge in [0, 0.05) is 31.2 Å². The minimum atomic E-state index is -1.37. The maximum Gasteiger partial charge on any atom is 0.326 e. The Kier molecular flexibility index (Phi) is 10.4. The number of carbonyl (C=O) groups is 5. The zero-order chi connectivity index (χ0) is 26.7. The van der Waals surface area contributed by atoms with Crippen LogP contribution in [0.4, 0.5) is 0 Å². The summed E-state index contributed by atoms with van der Waals surface area (Å²) in [5.74, 6) is -4.30. The van der Waals surface area contributed by atoms with Crippen molar-refractivity contribution >= 4 is 29.6 Å². The van der Waals surface area contributed by atoms with Crippen LogP contribution < -0.4 is 27.4 Å². The number of phenols is 1. The van der Waals surface area contributed by atoms with Gasteiger partial charge in [-0.2, -0.15) is 0 Å². The number of nitrogens with zero attached hydrogens (tertiary/aromatic N) is 1. The second-order valence-electron chi connectivity index (χ2n) is 7.94. The van der Waals surface area contributed by atoms with Crippen LogP contribution in [0.3, 0.4) is 0 Å². The van der Waals surface area contributed by atoms with Crippen molar-refractivity contribution in [2.75, 3.05) is 6.54 Å². The molecule has 3 atom stereocenters. The average molecular weight is 504 g/mol. The highest BCUT2D eigenvalue weighted by Crippen LogP contribution is 2.12. The number of aromatic hydroxyl groups is 1. The van der Waals surface area contributed by atoms with E-state index in [1.807, 2.05) is 0 Å².